The molecular formula is C22H25F2N3O2. The molecule has 29 heavy (non-hydrogen) atoms. The van der Waals surface area contributed by atoms with Gasteiger partial charge in [0.2, 0.25) is 0 Å². The van der Waals surface area contributed by atoms with Crippen molar-refractivity contribution in [3.63, 3.8) is 0 Å². The van der Waals surface area contributed by atoms with Crippen LogP contribution in [0.25, 0.3) is 0 Å². The first-order chi connectivity index (χ1) is 13.9. The predicted molar refractivity (Wildman–Crippen MR) is 107 cm³/mol. The number of carbonyl (C=O) groups is 1. The number of aliphatic hydroxyl groups is 1. The molecule has 2 aromatic carbocycles. The van der Waals surface area contributed by atoms with Crippen molar-refractivity contribution in [1.29, 1.82) is 0 Å². The van der Waals surface area contributed by atoms with Gasteiger partial charge in [0, 0.05) is 49.9 Å². The third-order valence-corrected chi connectivity index (χ3v) is 6.33. The molecule has 2 aliphatic heterocycles. The van der Waals surface area contributed by atoms with Gasteiger partial charge < -0.3 is 20.2 Å². The Kier molecular flexibility index (Phi) is 5.17. The maximum absolute atomic E-state index is 13.6. The van der Waals surface area contributed by atoms with Crippen molar-refractivity contribution in [2.24, 2.45) is 0 Å². The number of halogens is 2. The van der Waals surface area contributed by atoms with Crippen LogP contribution in [-0.4, -0.2) is 41.7 Å². The summed E-state index contributed by atoms with van der Waals surface area (Å²) in [6, 6.07) is 10.4. The van der Waals surface area contributed by atoms with Crippen molar-refractivity contribution in [2.45, 2.75) is 37.5 Å². The highest BCUT2D eigenvalue weighted by atomic mass is 19.1. The number of carbonyl (C=O) groups excluding carboxylic acids is 1. The Balaban J connectivity index is 1.39. The summed E-state index contributed by atoms with van der Waals surface area (Å²) in [5.74, 6) is -0.649. The molecule has 7 heteroatoms. The minimum atomic E-state index is -0.712. The molecule has 4 rings (SSSR count). The molecule has 2 N–H and O–H groups in total. The van der Waals surface area contributed by atoms with Gasteiger partial charge in [-0.05, 0) is 48.7 Å². The highest BCUT2D eigenvalue weighted by Gasteiger charge is 2.45. The molecule has 0 aliphatic carbocycles. The number of likely N-dealkylation sites (tertiary alicyclic amines) is 1. The van der Waals surface area contributed by atoms with E-state index in [4.69, 9.17) is 0 Å². The summed E-state index contributed by atoms with van der Waals surface area (Å²) in [7, 11) is 1.98. The van der Waals surface area contributed by atoms with Gasteiger partial charge in [0.15, 0.2) is 0 Å². The largest absolute Gasteiger partial charge is 0.388 e. The number of rotatable bonds is 2. The third-order valence-electron chi connectivity index (χ3n) is 6.33. The number of fused-ring (bicyclic) bond motifs is 1. The molecule has 1 fully saturated rings. The van der Waals surface area contributed by atoms with E-state index in [1.165, 1.54) is 24.3 Å². The molecule has 154 valence electrons. The van der Waals surface area contributed by atoms with Crippen LogP contribution in [0.4, 0.5) is 19.3 Å². The van der Waals surface area contributed by atoms with Gasteiger partial charge in [-0.15, -0.1) is 0 Å². The van der Waals surface area contributed by atoms with E-state index >= 15 is 0 Å². The normalized spacial score (nSPS) is 20.5. The number of hydrogen-bond acceptors (Lipinski definition) is 3. The SMILES string of the molecule is CN1c2ccc(F)cc2[C@H](O)CC12CCN(C(=O)NCc1ccc(F)cc1)CC2. The second kappa shape index (κ2) is 7.63. The van der Waals surface area contributed by atoms with Gasteiger partial charge >= 0.3 is 6.03 Å². The summed E-state index contributed by atoms with van der Waals surface area (Å²) in [6.07, 6.45) is 1.25. The van der Waals surface area contributed by atoms with Crippen LogP contribution in [0.5, 0.6) is 0 Å². The number of benzene rings is 2. The average Bonchev–Trinajstić information content (AvgIpc) is 2.72. The first-order valence-electron chi connectivity index (χ1n) is 9.86. The van der Waals surface area contributed by atoms with Gasteiger partial charge in [-0.1, -0.05) is 12.1 Å². The number of aliphatic hydroxyl groups excluding tert-OH is 1. The lowest BCUT2D eigenvalue weighted by atomic mass is 9.76. The fourth-order valence-electron chi connectivity index (χ4n) is 4.52. The lowest BCUT2D eigenvalue weighted by Crippen LogP contribution is -2.58. The Hall–Kier alpha value is -2.67. The summed E-state index contributed by atoms with van der Waals surface area (Å²) in [6.45, 7) is 1.49. The van der Waals surface area contributed by atoms with E-state index in [2.05, 4.69) is 10.2 Å². The maximum atomic E-state index is 13.6. The fraction of sp³-hybridized carbons (Fsp3) is 0.409. The van der Waals surface area contributed by atoms with Gasteiger partial charge in [-0.25, -0.2) is 13.6 Å². The molecule has 2 aliphatic rings. The van der Waals surface area contributed by atoms with Crippen molar-refractivity contribution in [3.8, 4) is 0 Å². The molecule has 2 heterocycles. The van der Waals surface area contributed by atoms with Crippen molar-refractivity contribution < 1.29 is 18.7 Å². The van der Waals surface area contributed by atoms with Crippen LogP contribution in [0.2, 0.25) is 0 Å². The minimum Gasteiger partial charge on any atom is -0.388 e. The zero-order valence-electron chi connectivity index (χ0n) is 16.4. The van der Waals surface area contributed by atoms with E-state index in [1.807, 2.05) is 7.05 Å². The first kappa shape index (κ1) is 19.6. The Bertz CT molecular complexity index is 895. The Labute approximate surface area is 168 Å². The minimum absolute atomic E-state index is 0.148. The highest BCUT2D eigenvalue weighted by Crippen LogP contribution is 2.46. The number of urea groups is 1. The van der Waals surface area contributed by atoms with Crippen molar-refractivity contribution in [3.05, 3.63) is 65.2 Å². The van der Waals surface area contributed by atoms with E-state index in [0.29, 0.717) is 31.6 Å². The lowest BCUT2D eigenvalue weighted by Gasteiger charge is -2.52. The van der Waals surface area contributed by atoms with Crippen molar-refractivity contribution in [1.82, 2.24) is 10.2 Å². The summed E-state index contributed by atoms with van der Waals surface area (Å²) >= 11 is 0. The number of amides is 2. The molecule has 2 aromatic rings. The van der Waals surface area contributed by atoms with E-state index < -0.39 is 6.10 Å². The molecule has 2 amide bonds. The number of nitrogens with one attached hydrogen (secondary N) is 1. The van der Waals surface area contributed by atoms with Gasteiger partial charge in [0.05, 0.1) is 6.10 Å². The van der Waals surface area contributed by atoms with Gasteiger partial charge in [-0.2, -0.15) is 0 Å². The van der Waals surface area contributed by atoms with Crippen molar-refractivity contribution >= 4 is 11.7 Å². The summed E-state index contributed by atoms with van der Waals surface area (Å²) in [5, 5.41) is 13.5. The Morgan fingerprint density at radius 1 is 1.14 bits per heavy atom. The first-order valence-corrected chi connectivity index (χ1v) is 9.86. The zero-order chi connectivity index (χ0) is 20.6. The second-order valence-corrected chi connectivity index (χ2v) is 7.98. The number of piperidine rings is 1. The Morgan fingerprint density at radius 2 is 1.79 bits per heavy atom. The summed E-state index contributed by atoms with van der Waals surface area (Å²) in [4.78, 5) is 16.4. The standard InChI is InChI=1S/C22H25F2N3O2/c1-26-19-7-6-17(24)12-18(19)20(28)13-22(26)8-10-27(11-9-22)21(29)25-14-15-2-4-16(23)5-3-15/h2-7,12,20,28H,8-11,13-14H2,1H3,(H,25,29)/t20-/m1/s1. The van der Waals surface area contributed by atoms with Crippen LogP contribution < -0.4 is 10.2 Å². The fourth-order valence-corrected chi connectivity index (χ4v) is 4.52. The van der Waals surface area contributed by atoms with Crippen LogP contribution in [0.3, 0.4) is 0 Å². The van der Waals surface area contributed by atoms with Crippen LogP contribution in [0, 0.1) is 11.6 Å². The quantitative estimate of drug-likeness (QED) is 0.809. The number of hydrogen-bond donors (Lipinski definition) is 2. The second-order valence-electron chi connectivity index (χ2n) is 7.98. The molecule has 0 radical (unpaired) electrons. The van der Waals surface area contributed by atoms with E-state index in [1.54, 1.807) is 23.1 Å². The van der Waals surface area contributed by atoms with Crippen LogP contribution in [0.15, 0.2) is 42.5 Å². The van der Waals surface area contributed by atoms with Crippen LogP contribution in [-0.2, 0) is 6.54 Å². The topological polar surface area (TPSA) is 55.8 Å². The smallest absolute Gasteiger partial charge is 0.317 e. The molecule has 0 bridgehead atoms. The van der Waals surface area contributed by atoms with E-state index in [-0.39, 0.29) is 23.2 Å². The van der Waals surface area contributed by atoms with Gasteiger partial charge in [0.25, 0.3) is 0 Å². The van der Waals surface area contributed by atoms with Gasteiger partial charge in [0.1, 0.15) is 11.6 Å². The molecule has 1 spiro atoms. The monoisotopic (exact) mass is 401 g/mol. The molecule has 5 nitrogen and oxygen atoms in total. The predicted octanol–water partition coefficient (Wildman–Crippen LogP) is 3.58. The highest BCUT2D eigenvalue weighted by molar-refractivity contribution is 5.74. The molecular weight excluding hydrogens is 376 g/mol. The molecule has 0 aromatic heterocycles. The number of anilines is 1. The van der Waals surface area contributed by atoms with Crippen LogP contribution >= 0.6 is 0 Å². The summed E-state index contributed by atoms with van der Waals surface area (Å²) in [5.41, 5.74) is 2.06. The summed E-state index contributed by atoms with van der Waals surface area (Å²) < 4.78 is 26.6. The number of nitrogens with zero attached hydrogens (tertiary/aromatic N) is 2. The third kappa shape index (κ3) is 3.79. The molecule has 0 unspecified atom stereocenters. The molecule has 1 atom stereocenters. The average molecular weight is 401 g/mol. The van der Waals surface area contributed by atoms with Gasteiger partial charge in [-0.3, -0.25) is 0 Å². The van der Waals surface area contributed by atoms with Crippen molar-refractivity contribution in [2.75, 3.05) is 25.0 Å². The maximum Gasteiger partial charge on any atom is 0.317 e. The lowest BCUT2D eigenvalue weighted by molar-refractivity contribution is 0.0852. The van der Waals surface area contributed by atoms with E-state index in [0.717, 1.165) is 24.1 Å². The van der Waals surface area contributed by atoms with E-state index in [9.17, 15) is 18.7 Å². The zero-order valence-corrected chi connectivity index (χ0v) is 16.4. The molecule has 1 saturated heterocycles. The van der Waals surface area contributed by atoms with Crippen LogP contribution in [0.1, 0.15) is 36.5 Å². The molecule has 0 saturated carbocycles. The Morgan fingerprint density at radius 3 is 2.48 bits per heavy atom.